The van der Waals surface area contributed by atoms with Gasteiger partial charge in [-0.15, -0.1) is 0 Å². The summed E-state index contributed by atoms with van der Waals surface area (Å²) in [5, 5.41) is 11.5. The molecule has 2 aromatic carbocycles. The van der Waals surface area contributed by atoms with Crippen molar-refractivity contribution in [3.8, 4) is 0 Å². The zero-order chi connectivity index (χ0) is 23.7. The van der Waals surface area contributed by atoms with Crippen molar-refractivity contribution in [2.75, 3.05) is 17.7 Å². The van der Waals surface area contributed by atoms with Gasteiger partial charge in [0.2, 0.25) is 11.8 Å². The van der Waals surface area contributed by atoms with Crippen LogP contribution < -0.4 is 21.3 Å². The minimum absolute atomic E-state index is 0.203. The molecule has 2 aliphatic heterocycles. The van der Waals surface area contributed by atoms with Gasteiger partial charge in [0.05, 0.1) is 0 Å². The number of nitrogens with zero attached hydrogens (tertiary/aromatic N) is 1. The molecule has 1 unspecified atom stereocenters. The highest BCUT2D eigenvalue weighted by Gasteiger charge is 2.39. The van der Waals surface area contributed by atoms with Crippen LogP contribution >= 0.6 is 11.6 Å². The number of aryl methyl sites for hydroxylation is 1. The van der Waals surface area contributed by atoms with Crippen LogP contribution in [0.15, 0.2) is 30.3 Å². The molecule has 0 saturated carbocycles. The molecule has 1 fully saturated rings. The summed E-state index contributed by atoms with van der Waals surface area (Å²) in [5.41, 5.74) is 4.27. The zero-order valence-electron chi connectivity index (χ0n) is 18.3. The number of nitrogens with one attached hydrogen (secondary N) is 4. The van der Waals surface area contributed by atoms with E-state index in [2.05, 4.69) is 21.3 Å². The number of amides is 5. The Bertz CT molecular complexity index is 1170. The maximum Gasteiger partial charge on any atom is 0.319 e. The summed E-state index contributed by atoms with van der Waals surface area (Å²) >= 11 is 6.11. The lowest BCUT2D eigenvalue weighted by atomic mass is 10.0. The Morgan fingerprint density at radius 1 is 1.21 bits per heavy atom. The molecule has 2 aromatic rings. The first-order valence-corrected chi connectivity index (χ1v) is 10.9. The van der Waals surface area contributed by atoms with Crippen LogP contribution in [0.4, 0.5) is 16.2 Å². The first-order valence-electron chi connectivity index (χ1n) is 10.6. The molecule has 5 amide bonds. The number of anilines is 2. The summed E-state index contributed by atoms with van der Waals surface area (Å²) in [5.74, 6) is -1.02. The molecule has 4 N–H and O–H groups in total. The second-order valence-corrected chi connectivity index (χ2v) is 8.50. The summed E-state index contributed by atoms with van der Waals surface area (Å²) in [4.78, 5) is 50.5. The van der Waals surface area contributed by atoms with E-state index in [0.29, 0.717) is 28.4 Å². The van der Waals surface area contributed by atoms with Crippen LogP contribution in [0.25, 0.3) is 0 Å². The summed E-state index contributed by atoms with van der Waals surface area (Å²) in [6.07, 6.45) is 0.510. The Kier molecular flexibility index (Phi) is 6.24. The second-order valence-electron chi connectivity index (χ2n) is 8.09. The number of carbonyl (C=O) groups is 4. The first kappa shape index (κ1) is 22.6. The summed E-state index contributed by atoms with van der Waals surface area (Å²) in [6, 6.07) is 7.80. The van der Waals surface area contributed by atoms with Gasteiger partial charge in [0.1, 0.15) is 6.04 Å². The van der Waals surface area contributed by atoms with Crippen molar-refractivity contribution in [2.24, 2.45) is 0 Å². The molecule has 1 atom stereocenters. The van der Waals surface area contributed by atoms with Gasteiger partial charge in [0, 0.05) is 48.5 Å². The molecule has 33 heavy (non-hydrogen) atoms. The van der Waals surface area contributed by atoms with Gasteiger partial charge >= 0.3 is 6.03 Å². The number of imide groups is 1. The van der Waals surface area contributed by atoms with Crippen LogP contribution in [0.2, 0.25) is 5.02 Å². The quantitative estimate of drug-likeness (QED) is 0.502. The average Bonchev–Trinajstić information content (AvgIpc) is 3.09. The lowest BCUT2D eigenvalue weighted by molar-refractivity contribution is -0.136. The van der Waals surface area contributed by atoms with Crippen LogP contribution in [-0.2, 0) is 22.7 Å². The smallest absolute Gasteiger partial charge is 0.319 e. The SMILES string of the molecule is CNc1cc2c(cc1CNC(=O)Nc1ccc(C)c(Cl)c1)CN(C1CCC(=O)NC1=O)C2=O. The minimum atomic E-state index is -0.672. The lowest BCUT2D eigenvalue weighted by Crippen LogP contribution is -2.52. The fourth-order valence-corrected chi connectivity index (χ4v) is 4.25. The third-order valence-electron chi connectivity index (χ3n) is 5.89. The molecule has 0 bridgehead atoms. The van der Waals surface area contributed by atoms with Crippen molar-refractivity contribution in [2.45, 2.75) is 38.9 Å². The molecule has 2 heterocycles. The molecule has 0 aromatic heterocycles. The number of fused-ring (bicyclic) bond motifs is 1. The predicted molar refractivity (Wildman–Crippen MR) is 124 cm³/mol. The van der Waals surface area contributed by atoms with Crippen molar-refractivity contribution in [1.82, 2.24) is 15.5 Å². The normalized spacial score (nSPS) is 17.5. The van der Waals surface area contributed by atoms with Crippen molar-refractivity contribution in [3.63, 3.8) is 0 Å². The number of carbonyl (C=O) groups excluding carboxylic acids is 4. The van der Waals surface area contributed by atoms with Crippen LogP contribution in [-0.4, -0.2) is 41.7 Å². The molecule has 4 rings (SSSR count). The fraction of sp³-hybridized carbons (Fsp3) is 0.304. The Hall–Kier alpha value is -3.59. The number of rotatable bonds is 5. The maximum absolute atomic E-state index is 13.0. The van der Waals surface area contributed by atoms with Gasteiger partial charge in [-0.05, 0) is 54.3 Å². The van der Waals surface area contributed by atoms with Crippen molar-refractivity contribution < 1.29 is 19.2 Å². The summed E-state index contributed by atoms with van der Waals surface area (Å²) < 4.78 is 0. The number of hydrogen-bond acceptors (Lipinski definition) is 5. The molecular weight excluding hydrogens is 446 g/mol. The molecule has 0 aliphatic carbocycles. The molecular formula is C23H24ClN5O4. The first-order chi connectivity index (χ1) is 15.8. The third kappa shape index (κ3) is 4.63. The van der Waals surface area contributed by atoms with Gasteiger partial charge in [-0.3, -0.25) is 19.7 Å². The van der Waals surface area contributed by atoms with Gasteiger partial charge in [-0.25, -0.2) is 4.79 Å². The highest BCUT2D eigenvalue weighted by Crippen LogP contribution is 2.31. The number of hydrogen-bond donors (Lipinski definition) is 4. The van der Waals surface area contributed by atoms with E-state index in [1.54, 1.807) is 25.2 Å². The van der Waals surface area contributed by atoms with Crippen molar-refractivity contribution >= 4 is 46.7 Å². The number of benzene rings is 2. The molecule has 0 radical (unpaired) electrons. The Morgan fingerprint density at radius 3 is 2.70 bits per heavy atom. The van der Waals surface area contributed by atoms with Crippen LogP contribution in [0, 0.1) is 6.92 Å². The molecule has 9 nitrogen and oxygen atoms in total. The van der Waals surface area contributed by atoms with Crippen molar-refractivity contribution in [3.05, 3.63) is 57.6 Å². The predicted octanol–water partition coefficient (Wildman–Crippen LogP) is 2.77. The van der Waals surface area contributed by atoms with Gasteiger partial charge in [-0.1, -0.05) is 17.7 Å². The molecule has 172 valence electrons. The van der Waals surface area contributed by atoms with E-state index < -0.39 is 18.0 Å². The van der Waals surface area contributed by atoms with E-state index in [-0.39, 0.29) is 31.3 Å². The van der Waals surface area contributed by atoms with E-state index in [9.17, 15) is 19.2 Å². The number of urea groups is 1. The standard InChI is InChI=1S/C23H24ClN5O4/c1-12-3-4-15(8-17(12)24)27-23(33)26-10-13-7-14-11-29(19-5-6-20(30)28-21(19)31)22(32)16(14)9-18(13)25-2/h3-4,7-9,19,25H,5-6,10-11H2,1-2H3,(H2,26,27,33)(H,28,30,31). The monoisotopic (exact) mass is 469 g/mol. The Labute approximate surface area is 195 Å². The summed E-state index contributed by atoms with van der Waals surface area (Å²) in [6.45, 7) is 2.37. The Morgan fingerprint density at radius 2 is 2.00 bits per heavy atom. The van der Waals surface area contributed by atoms with E-state index in [4.69, 9.17) is 11.6 Å². The second kappa shape index (κ2) is 9.11. The van der Waals surface area contributed by atoms with Crippen molar-refractivity contribution in [1.29, 1.82) is 0 Å². The molecule has 1 saturated heterocycles. The third-order valence-corrected chi connectivity index (χ3v) is 6.29. The molecule has 2 aliphatic rings. The van der Waals surface area contributed by atoms with E-state index in [0.717, 1.165) is 16.7 Å². The van der Waals surface area contributed by atoms with Gasteiger partial charge in [0.25, 0.3) is 5.91 Å². The minimum Gasteiger partial charge on any atom is -0.388 e. The fourth-order valence-electron chi connectivity index (χ4n) is 4.07. The van der Waals surface area contributed by atoms with E-state index >= 15 is 0 Å². The van der Waals surface area contributed by atoms with Gasteiger partial charge < -0.3 is 20.9 Å². The van der Waals surface area contributed by atoms with E-state index in [1.807, 2.05) is 19.1 Å². The largest absolute Gasteiger partial charge is 0.388 e. The van der Waals surface area contributed by atoms with E-state index in [1.165, 1.54) is 4.90 Å². The van der Waals surface area contributed by atoms with Crippen LogP contribution in [0.1, 0.15) is 39.9 Å². The topological polar surface area (TPSA) is 120 Å². The Balaban J connectivity index is 1.46. The van der Waals surface area contributed by atoms with Gasteiger partial charge in [0.15, 0.2) is 0 Å². The van der Waals surface area contributed by atoms with Crippen LogP contribution in [0.3, 0.4) is 0 Å². The lowest BCUT2D eigenvalue weighted by Gasteiger charge is -2.29. The molecule has 10 heteroatoms. The highest BCUT2D eigenvalue weighted by molar-refractivity contribution is 6.31. The average molecular weight is 470 g/mol. The maximum atomic E-state index is 13.0. The molecule has 0 spiro atoms. The summed E-state index contributed by atoms with van der Waals surface area (Å²) in [7, 11) is 1.73. The van der Waals surface area contributed by atoms with Gasteiger partial charge in [-0.2, -0.15) is 0 Å². The number of piperidine rings is 1. The highest BCUT2D eigenvalue weighted by atomic mass is 35.5. The number of halogens is 1. The van der Waals surface area contributed by atoms with Crippen LogP contribution in [0.5, 0.6) is 0 Å². The zero-order valence-corrected chi connectivity index (χ0v) is 19.0.